The number of aryl methyl sites for hydroxylation is 1. The van der Waals surface area contributed by atoms with Crippen LogP contribution < -0.4 is 10.1 Å². The highest BCUT2D eigenvalue weighted by Gasteiger charge is 2.30. The van der Waals surface area contributed by atoms with Crippen molar-refractivity contribution >= 4 is 23.2 Å². The molecule has 0 aliphatic heterocycles. The molecular formula is C18H21ClN4O2. The van der Waals surface area contributed by atoms with Gasteiger partial charge in [-0.1, -0.05) is 11.6 Å². The molecule has 1 aromatic carbocycles. The molecule has 1 amide bonds. The molecule has 132 valence electrons. The van der Waals surface area contributed by atoms with Crippen molar-refractivity contribution in [1.29, 1.82) is 5.26 Å². The van der Waals surface area contributed by atoms with Crippen molar-refractivity contribution in [3.63, 3.8) is 0 Å². The molecular weight excluding hydrogens is 340 g/mol. The fraction of sp³-hybridized carbons (Fsp3) is 0.389. The molecule has 0 fully saturated rings. The topological polar surface area (TPSA) is 79.9 Å². The highest BCUT2D eigenvalue weighted by molar-refractivity contribution is 6.30. The van der Waals surface area contributed by atoms with E-state index >= 15 is 0 Å². The summed E-state index contributed by atoms with van der Waals surface area (Å²) in [7, 11) is 0. The first-order valence-corrected chi connectivity index (χ1v) is 8.44. The van der Waals surface area contributed by atoms with Crippen LogP contribution in [0, 0.1) is 11.3 Å². The molecule has 0 atom stereocenters. The van der Waals surface area contributed by atoms with E-state index in [4.69, 9.17) is 21.6 Å². The summed E-state index contributed by atoms with van der Waals surface area (Å²) in [6.07, 6.45) is 5.61. The van der Waals surface area contributed by atoms with Crippen molar-refractivity contribution in [2.24, 2.45) is 0 Å². The van der Waals surface area contributed by atoms with Gasteiger partial charge in [0.15, 0.2) is 5.60 Å². The molecule has 0 bridgehead atoms. The van der Waals surface area contributed by atoms with Gasteiger partial charge in [-0.25, -0.2) is 0 Å². The fourth-order valence-electron chi connectivity index (χ4n) is 2.15. The Bertz CT molecular complexity index is 747. The number of hydrogen-bond acceptors (Lipinski definition) is 4. The van der Waals surface area contributed by atoms with Crippen LogP contribution in [0.1, 0.15) is 33.1 Å². The number of unbranched alkanes of at least 4 members (excludes halogenated alkanes) is 2. The second kappa shape index (κ2) is 8.54. The average molecular weight is 361 g/mol. The zero-order chi connectivity index (χ0) is 18.3. The lowest BCUT2D eigenvalue weighted by molar-refractivity contribution is -0.128. The van der Waals surface area contributed by atoms with Gasteiger partial charge in [-0.15, -0.1) is 0 Å². The number of carbonyl (C=O) groups is 1. The van der Waals surface area contributed by atoms with Crippen LogP contribution in [0.25, 0.3) is 0 Å². The molecule has 1 aromatic heterocycles. The molecule has 0 radical (unpaired) electrons. The van der Waals surface area contributed by atoms with Crippen LogP contribution in [-0.2, 0) is 11.3 Å². The Kier molecular flexibility index (Phi) is 6.43. The number of rotatable bonds is 8. The van der Waals surface area contributed by atoms with E-state index in [0.29, 0.717) is 29.4 Å². The second-order valence-electron chi connectivity index (χ2n) is 6.13. The monoisotopic (exact) mass is 360 g/mol. The first-order valence-electron chi connectivity index (χ1n) is 8.06. The number of carbonyl (C=O) groups excluding carboxylic acids is 1. The third-order valence-corrected chi connectivity index (χ3v) is 3.80. The maximum atomic E-state index is 12.5. The Morgan fingerprint density at radius 3 is 2.76 bits per heavy atom. The van der Waals surface area contributed by atoms with Crippen molar-refractivity contribution in [1.82, 2.24) is 9.78 Å². The minimum Gasteiger partial charge on any atom is -0.478 e. The highest BCUT2D eigenvalue weighted by atomic mass is 35.5. The second-order valence-corrected chi connectivity index (χ2v) is 6.56. The molecule has 2 aromatic rings. The molecule has 0 aliphatic rings. The number of aromatic nitrogens is 2. The lowest BCUT2D eigenvalue weighted by Gasteiger charge is -2.25. The largest absolute Gasteiger partial charge is 0.478 e. The molecule has 6 nitrogen and oxygen atoms in total. The van der Waals surface area contributed by atoms with E-state index in [-0.39, 0.29) is 5.91 Å². The fourth-order valence-corrected chi connectivity index (χ4v) is 2.28. The number of hydrogen-bond donors (Lipinski definition) is 1. The maximum absolute atomic E-state index is 12.5. The molecule has 0 saturated carbocycles. The Morgan fingerprint density at radius 1 is 1.36 bits per heavy atom. The minimum atomic E-state index is -1.05. The quantitative estimate of drug-likeness (QED) is 0.721. The molecule has 2 rings (SSSR count). The van der Waals surface area contributed by atoms with Crippen molar-refractivity contribution < 1.29 is 9.53 Å². The zero-order valence-corrected chi connectivity index (χ0v) is 15.1. The van der Waals surface area contributed by atoms with E-state index in [0.717, 1.165) is 12.8 Å². The SMILES string of the molecule is CC(C)(Oc1ccc(Cl)cc1)C(=O)Nc1cnn(CCCCC#N)c1. The van der Waals surface area contributed by atoms with E-state index in [1.54, 1.807) is 55.2 Å². The van der Waals surface area contributed by atoms with Crippen LogP contribution in [0.3, 0.4) is 0 Å². The summed E-state index contributed by atoms with van der Waals surface area (Å²) in [4.78, 5) is 12.5. The molecule has 0 saturated heterocycles. The van der Waals surface area contributed by atoms with Gasteiger partial charge >= 0.3 is 0 Å². The first-order chi connectivity index (χ1) is 11.9. The van der Waals surface area contributed by atoms with Crippen LogP contribution >= 0.6 is 11.6 Å². The van der Waals surface area contributed by atoms with Gasteiger partial charge < -0.3 is 10.1 Å². The van der Waals surface area contributed by atoms with Crippen LogP contribution in [0.5, 0.6) is 5.75 Å². The number of anilines is 1. The smallest absolute Gasteiger partial charge is 0.268 e. The van der Waals surface area contributed by atoms with Crippen LogP contribution in [0.4, 0.5) is 5.69 Å². The summed E-state index contributed by atoms with van der Waals surface area (Å²) >= 11 is 5.85. The minimum absolute atomic E-state index is 0.272. The molecule has 25 heavy (non-hydrogen) atoms. The molecule has 0 unspecified atom stereocenters. The number of amides is 1. The third-order valence-electron chi connectivity index (χ3n) is 3.55. The van der Waals surface area contributed by atoms with E-state index in [9.17, 15) is 4.79 Å². The summed E-state index contributed by atoms with van der Waals surface area (Å²) in [5.74, 6) is 0.296. The zero-order valence-electron chi connectivity index (χ0n) is 14.3. The summed E-state index contributed by atoms with van der Waals surface area (Å²) in [5, 5.41) is 16.1. The molecule has 1 N–H and O–H groups in total. The number of nitrogens with one attached hydrogen (secondary N) is 1. The van der Waals surface area contributed by atoms with E-state index in [1.807, 2.05) is 0 Å². The Morgan fingerprint density at radius 2 is 2.08 bits per heavy atom. The summed E-state index contributed by atoms with van der Waals surface area (Å²) in [6.45, 7) is 4.11. The summed E-state index contributed by atoms with van der Waals surface area (Å²) in [6, 6.07) is 8.97. The predicted molar refractivity (Wildman–Crippen MR) is 96.5 cm³/mol. The van der Waals surface area contributed by atoms with Gasteiger partial charge in [0.05, 0.1) is 18.0 Å². The van der Waals surface area contributed by atoms with Crippen molar-refractivity contribution in [2.45, 2.75) is 45.3 Å². The van der Waals surface area contributed by atoms with Crippen molar-refractivity contribution in [2.75, 3.05) is 5.32 Å². The van der Waals surface area contributed by atoms with Gasteiger partial charge in [0.25, 0.3) is 5.91 Å². The van der Waals surface area contributed by atoms with E-state index in [2.05, 4.69) is 16.5 Å². The third kappa shape index (κ3) is 5.80. The van der Waals surface area contributed by atoms with Gasteiger partial charge in [-0.3, -0.25) is 9.48 Å². The van der Waals surface area contributed by atoms with Gasteiger partial charge in [0.2, 0.25) is 0 Å². The lowest BCUT2D eigenvalue weighted by Crippen LogP contribution is -2.42. The molecule has 0 spiro atoms. The molecule has 1 heterocycles. The van der Waals surface area contributed by atoms with Crippen molar-refractivity contribution in [3.8, 4) is 11.8 Å². The highest BCUT2D eigenvalue weighted by Crippen LogP contribution is 2.22. The van der Waals surface area contributed by atoms with Gasteiger partial charge in [-0.2, -0.15) is 10.4 Å². The number of ether oxygens (including phenoxy) is 1. The van der Waals surface area contributed by atoms with Gasteiger partial charge in [0, 0.05) is 24.2 Å². The van der Waals surface area contributed by atoms with Gasteiger partial charge in [0.1, 0.15) is 5.75 Å². The Balaban J connectivity index is 1.90. The number of nitriles is 1. The van der Waals surface area contributed by atoms with Gasteiger partial charge in [-0.05, 0) is 51.0 Å². The van der Waals surface area contributed by atoms with Crippen molar-refractivity contribution in [3.05, 3.63) is 41.7 Å². The molecule has 7 heteroatoms. The Hall–Kier alpha value is -2.52. The van der Waals surface area contributed by atoms with E-state index < -0.39 is 5.60 Å². The molecule has 0 aliphatic carbocycles. The first kappa shape index (κ1) is 18.8. The lowest BCUT2D eigenvalue weighted by atomic mass is 10.1. The Labute approximate surface area is 152 Å². The number of benzene rings is 1. The van der Waals surface area contributed by atoms with E-state index in [1.165, 1.54) is 0 Å². The van der Waals surface area contributed by atoms with Crippen LogP contribution in [-0.4, -0.2) is 21.3 Å². The average Bonchev–Trinajstić information content (AvgIpc) is 3.01. The van der Waals surface area contributed by atoms with Crippen LogP contribution in [0.15, 0.2) is 36.7 Å². The summed E-state index contributed by atoms with van der Waals surface area (Å²) < 4.78 is 7.51. The number of nitrogens with zero attached hydrogens (tertiary/aromatic N) is 3. The standard InChI is InChI=1S/C18H21ClN4O2/c1-18(2,25-16-8-6-14(19)7-9-16)17(24)22-15-12-21-23(13-15)11-5-3-4-10-20/h6-9,12-13H,3-5,11H2,1-2H3,(H,22,24). The van der Waals surface area contributed by atoms with Crippen LogP contribution in [0.2, 0.25) is 5.02 Å². The maximum Gasteiger partial charge on any atom is 0.268 e. The summed E-state index contributed by atoms with van der Waals surface area (Å²) in [5.41, 5.74) is -0.444. The normalized spacial score (nSPS) is 11.0. The number of halogens is 1. The predicted octanol–water partition coefficient (Wildman–Crippen LogP) is 4.03.